The van der Waals surface area contributed by atoms with Crippen molar-refractivity contribution in [2.24, 2.45) is 52.3 Å². The average molecular weight is 471 g/mol. The van der Waals surface area contributed by atoms with Crippen LogP contribution in [-0.2, 0) is 14.3 Å². The summed E-state index contributed by atoms with van der Waals surface area (Å²) in [5.41, 5.74) is 0.721. The molecule has 0 N–H and O–H groups in total. The van der Waals surface area contributed by atoms with E-state index in [-0.39, 0.29) is 23.1 Å². The van der Waals surface area contributed by atoms with E-state index in [1.165, 1.54) is 38.5 Å². The molecule has 11 atom stereocenters. The summed E-state index contributed by atoms with van der Waals surface area (Å²) in [6.07, 6.45) is 16.7. The van der Waals surface area contributed by atoms with Gasteiger partial charge in [0.2, 0.25) is 0 Å². The number of esters is 1. The van der Waals surface area contributed by atoms with E-state index in [0.717, 1.165) is 48.9 Å². The Labute approximate surface area is 208 Å². The fraction of sp³-hybridized carbons (Fsp3) is 0.903. The molecule has 3 nitrogen and oxygen atoms in total. The first kappa shape index (κ1) is 24.8. The number of epoxide rings is 1. The molecule has 4 saturated carbocycles. The van der Waals surface area contributed by atoms with Crippen molar-refractivity contribution in [1.29, 1.82) is 0 Å². The quantitative estimate of drug-likeness (QED) is 0.228. The van der Waals surface area contributed by atoms with Crippen LogP contribution in [0.5, 0.6) is 0 Å². The number of carbonyl (C=O) groups excluding carboxylic acids is 1. The Balaban J connectivity index is 1.32. The zero-order valence-corrected chi connectivity index (χ0v) is 22.9. The van der Waals surface area contributed by atoms with E-state index in [1.54, 1.807) is 6.92 Å². The van der Waals surface area contributed by atoms with Gasteiger partial charge in [0.1, 0.15) is 11.7 Å². The highest BCUT2D eigenvalue weighted by Crippen LogP contribution is 2.74. The van der Waals surface area contributed by atoms with Gasteiger partial charge in [-0.1, -0.05) is 53.7 Å². The smallest absolute Gasteiger partial charge is 0.302 e. The van der Waals surface area contributed by atoms with Gasteiger partial charge in [0.05, 0.1) is 6.10 Å². The highest BCUT2D eigenvalue weighted by atomic mass is 16.6. The Kier molecular flexibility index (Phi) is 6.31. The van der Waals surface area contributed by atoms with Gasteiger partial charge in [0.25, 0.3) is 0 Å². The van der Waals surface area contributed by atoms with Crippen molar-refractivity contribution in [2.45, 2.75) is 124 Å². The summed E-state index contributed by atoms with van der Waals surface area (Å²) in [6, 6.07) is 0. The molecule has 1 spiro atoms. The van der Waals surface area contributed by atoms with Crippen LogP contribution in [0.2, 0.25) is 0 Å². The second-order valence-corrected chi connectivity index (χ2v) is 13.8. The molecular formula is C31H50O3. The third-order valence-corrected chi connectivity index (χ3v) is 12.1. The summed E-state index contributed by atoms with van der Waals surface area (Å²) in [4.78, 5) is 11.6. The third kappa shape index (κ3) is 3.65. The largest absolute Gasteiger partial charge is 0.462 e. The molecule has 1 unspecified atom stereocenters. The summed E-state index contributed by atoms with van der Waals surface area (Å²) in [6.45, 7) is 16.3. The third-order valence-electron chi connectivity index (χ3n) is 12.1. The van der Waals surface area contributed by atoms with Gasteiger partial charge >= 0.3 is 5.97 Å². The van der Waals surface area contributed by atoms with Crippen LogP contribution in [0.1, 0.15) is 106 Å². The van der Waals surface area contributed by atoms with Gasteiger partial charge in [0.15, 0.2) is 0 Å². The molecule has 5 fully saturated rings. The summed E-state index contributed by atoms with van der Waals surface area (Å²) in [5.74, 6) is 5.24. The van der Waals surface area contributed by atoms with Crippen molar-refractivity contribution in [3.63, 3.8) is 0 Å². The Bertz CT molecular complexity index is 817. The van der Waals surface area contributed by atoms with Crippen LogP contribution in [-0.4, -0.2) is 23.8 Å². The first-order valence-corrected chi connectivity index (χ1v) is 14.6. The lowest BCUT2D eigenvalue weighted by Gasteiger charge is -2.59. The predicted molar refractivity (Wildman–Crippen MR) is 137 cm³/mol. The monoisotopic (exact) mass is 470 g/mol. The summed E-state index contributed by atoms with van der Waals surface area (Å²) in [5, 5.41) is 0. The summed E-state index contributed by atoms with van der Waals surface area (Å²) >= 11 is 0. The molecule has 3 heteroatoms. The van der Waals surface area contributed by atoms with E-state index >= 15 is 0 Å². The molecule has 0 aromatic carbocycles. The molecule has 34 heavy (non-hydrogen) atoms. The number of fused-ring (bicyclic) bond motifs is 4. The van der Waals surface area contributed by atoms with Crippen LogP contribution in [0.25, 0.3) is 0 Å². The number of hydrogen-bond donors (Lipinski definition) is 0. The van der Waals surface area contributed by atoms with Gasteiger partial charge < -0.3 is 9.47 Å². The fourth-order valence-electron chi connectivity index (χ4n) is 10.2. The molecule has 192 valence electrons. The standard InChI is InChI=1S/C31H50O3/c1-8-22(19(2)3)10-9-20(4)25-11-12-26-24-17-28-31(34-28)18-23(33-21(5)32)13-16-30(31,7)27(24)14-15-29(25,26)6/h9-10,19-20,22-28H,8,11-18H2,1-7H3/b10-9+/t20-,22?,23+,24+,25-,26+,27+,28-,29-,30-,31-/m1/s1. The molecule has 1 saturated heterocycles. The van der Waals surface area contributed by atoms with E-state index in [4.69, 9.17) is 9.47 Å². The van der Waals surface area contributed by atoms with E-state index in [0.29, 0.717) is 23.4 Å². The van der Waals surface area contributed by atoms with Crippen molar-refractivity contribution in [1.82, 2.24) is 0 Å². The molecule has 0 bridgehead atoms. The van der Waals surface area contributed by atoms with Crippen molar-refractivity contribution < 1.29 is 14.3 Å². The second-order valence-electron chi connectivity index (χ2n) is 13.8. The predicted octanol–water partition coefficient (Wildman–Crippen LogP) is 7.58. The normalized spacial score (nSPS) is 49.1. The topological polar surface area (TPSA) is 38.8 Å². The molecule has 5 rings (SSSR count). The first-order valence-electron chi connectivity index (χ1n) is 14.6. The van der Waals surface area contributed by atoms with Crippen molar-refractivity contribution in [2.75, 3.05) is 0 Å². The Morgan fingerprint density at radius 2 is 1.82 bits per heavy atom. The minimum Gasteiger partial charge on any atom is -0.462 e. The van der Waals surface area contributed by atoms with Crippen LogP contribution in [0.3, 0.4) is 0 Å². The van der Waals surface area contributed by atoms with Gasteiger partial charge in [0, 0.05) is 18.8 Å². The molecule has 1 aliphatic heterocycles. The van der Waals surface area contributed by atoms with Crippen LogP contribution >= 0.6 is 0 Å². The molecule has 5 aliphatic rings. The molecule has 0 radical (unpaired) electrons. The minimum absolute atomic E-state index is 0.0136. The summed E-state index contributed by atoms with van der Waals surface area (Å²) in [7, 11) is 0. The lowest BCUT2D eigenvalue weighted by molar-refractivity contribution is -0.157. The number of ether oxygens (including phenoxy) is 2. The van der Waals surface area contributed by atoms with E-state index in [9.17, 15) is 4.79 Å². The number of hydrogen-bond acceptors (Lipinski definition) is 3. The number of carbonyl (C=O) groups is 1. The fourth-order valence-corrected chi connectivity index (χ4v) is 10.2. The van der Waals surface area contributed by atoms with Gasteiger partial charge in [-0.25, -0.2) is 0 Å². The Morgan fingerprint density at radius 3 is 2.50 bits per heavy atom. The minimum atomic E-state index is -0.136. The van der Waals surface area contributed by atoms with Gasteiger partial charge in [-0.05, 0) is 98.2 Å². The van der Waals surface area contributed by atoms with Crippen molar-refractivity contribution in [3.8, 4) is 0 Å². The lowest BCUT2D eigenvalue weighted by atomic mass is 9.44. The van der Waals surface area contributed by atoms with Crippen molar-refractivity contribution in [3.05, 3.63) is 12.2 Å². The Hall–Kier alpha value is -0.830. The van der Waals surface area contributed by atoms with Crippen molar-refractivity contribution >= 4 is 5.97 Å². The molecule has 4 aliphatic carbocycles. The van der Waals surface area contributed by atoms with Gasteiger partial charge in [-0.15, -0.1) is 0 Å². The second kappa shape index (κ2) is 8.63. The van der Waals surface area contributed by atoms with E-state index in [2.05, 4.69) is 53.7 Å². The maximum atomic E-state index is 11.6. The summed E-state index contributed by atoms with van der Waals surface area (Å²) < 4.78 is 12.3. The lowest BCUT2D eigenvalue weighted by Crippen LogP contribution is -2.59. The Morgan fingerprint density at radius 1 is 1.06 bits per heavy atom. The zero-order valence-electron chi connectivity index (χ0n) is 22.9. The van der Waals surface area contributed by atoms with Crippen LogP contribution in [0.4, 0.5) is 0 Å². The molecule has 1 heterocycles. The number of rotatable bonds is 6. The van der Waals surface area contributed by atoms with Crippen LogP contribution in [0.15, 0.2) is 12.2 Å². The van der Waals surface area contributed by atoms with E-state index in [1.807, 2.05) is 0 Å². The maximum Gasteiger partial charge on any atom is 0.302 e. The molecule has 0 aromatic heterocycles. The van der Waals surface area contributed by atoms with E-state index < -0.39 is 0 Å². The molecular weight excluding hydrogens is 420 g/mol. The molecule has 0 amide bonds. The van der Waals surface area contributed by atoms with Crippen LogP contribution in [0, 0.1) is 52.3 Å². The highest BCUT2D eigenvalue weighted by Gasteiger charge is 2.76. The van der Waals surface area contributed by atoms with Gasteiger partial charge in [-0.3, -0.25) is 4.79 Å². The number of allylic oxidation sites excluding steroid dienone is 2. The SMILES string of the molecule is CCC(/C=C/[C@@H](C)[C@H]1CC[C@H]2[C@@H]3C[C@H]4O[C@]45C[C@@H](OC(C)=O)CC[C@]5(C)[C@H]3CC[C@]12C)C(C)C. The van der Waals surface area contributed by atoms with Gasteiger partial charge in [-0.2, -0.15) is 0 Å². The van der Waals surface area contributed by atoms with Crippen LogP contribution < -0.4 is 0 Å². The zero-order chi connectivity index (χ0) is 24.5. The first-order chi connectivity index (χ1) is 16.1. The average Bonchev–Trinajstić information content (AvgIpc) is 3.34. The highest BCUT2D eigenvalue weighted by molar-refractivity contribution is 5.66. The maximum absolute atomic E-state index is 11.6. The molecule has 0 aromatic rings.